The van der Waals surface area contributed by atoms with E-state index in [-0.39, 0.29) is 22.5 Å². The van der Waals surface area contributed by atoms with E-state index in [1.54, 1.807) is 24.3 Å². The van der Waals surface area contributed by atoms with Crippen molar-refractivity contribution in [1.29, 1.82) is 0 Å². The number of aliphatic hydroxyl groups excluding tert-OH is 5. The van der Waals surface area contributed by atoms with Gasteiger partial charge in [-0.05, 0) is 24.3 Å². The van der Waals surface area contributed by atoms with Crippen LogP contribution in [0, 0.1) is 0 Å². The zero-order valence-corrected chi connectivity index (χ0v) is 23.1. The number of ether oxygens (including phenoxy) is 5. The lowest BCUT2D eigenvalue weighted by Gasteiger charge is -2.44. The highest BCUT2D eigenvalue weighted by Gasteiger charge is 2.54. The number of phenolic OH excluding ortho intramolecular Hbond substituents is 1. The number of phenols is 1. The first kappa shape index (κ1) is 32.1. The number of aromatic hydroxyl groups is 1. The molecule has 1 aromatic heterocycles. The molecule has 3 heterocycles. The number of benzene rings is 2. The van der Waals surface area contributed by atoms with E-state index in [1.807, 2.05) is 0 Å². The van der Waals surface area contributed by atoms with Crippen molar-refractivity contribution in [3.8, 4) is 28.6 Å². The molecule has 0 aliphatic carbocycles. The fourth-order valence-corrected chi connectivity index (χ4v) is 4.94. The van der Waals surface area contributed by atoms with Crippen molar-refractivity contribution in [3.05, 3.63) is 52.7 Å². The highest BCUT2D eigenvalue weighted by atomic mass is 16.8. The summed E-state index contributed by atoms with van der Waals surface area (Å²) >= 11 is 0. The zero-order chi connectivity index (χ0) is 32.7. The molecule has 2 aliphatic heterocycles. The second kappa shape index (κ2) is 12.6. The molecule has 3 aromatic rings. The topological polar surface area (TPSA) is 272 Å². The summed E-state index contributed by atoms with van der Waals surface area (Å²) in [6, 6.07) is 9.73. The van der Waals surface area contributed by atoms with E-state index in [0.717, 1.165) is 18.2 Å². The lowest BCUT2D eigenvalue weighted by molar-refractivity contribution is -0.350. The van der Waals surface area contributed by atoms with E-state index in [2.05, 4.69) is 0 Å². The Balaban J connectivity index is 1.49. The van der Waals surface area contributed by atoms with Gasteiger partial charge in [0.15, 0.2) is 30.0 Å². The van der Waals surface area contributed by atoms with E-state index in [9.17, 15) is 55.2 Å². The summed E-state index contributed by atoms with van der Waals surface area (Å²) in [7, 11) is 1.48. The van der Waals surface area contributed by atoms with Gasteiger partial charge < -0.3 is 69.0 Å². The molecule has 0 spiro atoms. The third kappa shape index (κ3) is 6.15. The van der Waals surface area contributed by atoms with Gasteiger partial charge in [0.1, 0.15) is 64.5 Å². The van der Waals surface area contributed by atoms with E-state index >= 15 is 0 Å². The Kier molecular flexibility index (Phi) is 8.97. The minimum absolute atomic E-state index is 0.100. The summed E-state index contributed by atoms with van der Waals surface area (Å²) in [5, 5.41) is 80.9. The van der Waals surface area contributed by atoms with Gasteiger partial charge in [0.05, 0.1) is 7.11 Å². The van der Waals surface area contributed by atoms with Gasteiger partial charge in [-0.3, -0.25) is 4.79 Å². The summed E-state index contributed by atoms with van der Waals surface area (Å²) in [6.07, 6.45) is -20.7. The Bertz CT molecular complexity index is 1620. The van der Waals surface area contributed by atoms with Crippen molar-refractivity contribution in [3.63, 3.8) is 0 Å². The van der Waals surface area contributed by atoms with Crippen molar-refractivity contribution in [1.82, 2.24) is 0 Å². The van der Waals surface area contributed by atoms with Crippen molar-refractivity contribution in [2.75, 3.05) is 7.11 Å². The van der Waals surface area contributed by atoms with Crippen LogP contribution in [0.5, 0.6) is 17.2 Å². The summed E-state index contributed by atoms with van der Waals surface area (Å²) in [5.74, 6) is -3.74. The Morgan fingerprint density at radius 1 is 0.756 bits per heavy atom. The Morgan fingerprint density at radius 3 is 1.96 bits per heavy atom. The van der Waals surface area contributed by atoms with Gasteiger partial charge in [-0.15, -0.1) is 0 Å². The molecule has 0 radical (unpaired) electrons. The standard InChI is InChI=1S/C28H28O17/c1-40-10-4-2-9(3-5-10)14-8-13(30)16-12(29)6-11(7-15(16)42-14)41-28-24(20(34)19(33)23(44-28)26(38)39)45-27-21(35)17(31)18(32)22(43-27)25(36)37/h2-8,17-24,27-29,31-35H,1H3,(H,36,37)(H,38,39)/t17-,18-,19-,20-,21?,22?,23?,24?,27-,28+/m0/s1. The van der Waals surface area contributed by atoms with Crippen LogP contribution >= 0.6 is 0 Å². The van der Waals surface area contributed by atoms with E-state index in [4.69, 9.17) is 28.1 Å². The largest absolute Gasteiger partial charge is 0.507 e. The number of carboxylic acid groups (broad SMARTS) is 2. The molecule has 2 aliphatic rings. The molecule has 0 amide bonds. The SMILES string of the molecule is COc1ccc(-c2cc(=O)c3c(O)cc(O[C@@H]4OC(C(=O)O)[C@@H](O)[C@H](O)C4O[C@@H]4OC(C(=O)O)[C@@H](O)[C@H](O)C4O)cc3o2)cc1. The number of hydrogen-bond donors (Lipinski definition) is 8. The molecule has 242 valence electrons. The molecule has 2 saturated heterocycles. The third-order valence-electron chi connectivity index (χ3n) is 7.30. The molecule has 2 aromatic carbocycles. The monoisotopic (exact) mass is 636 g/mol. The molecule has 0 bridgehead atoms. The highest BCUT2D eigenvalue weighted by molar-refractivity contribution is 5.86. The van der Waals surface area contributed by atoms with Crippen molar-refractivity contribution < 1.29 is 78.5 Å². The Labute approximate surface area is 251 Å². The van der Waals surface area contributed by atoms with Crippen LogP contribution in [0.3, 0.4) is 0 Å². The minimum atomic E-state index is -2.14. The molecular weight excluding hydrogens is 608 g/mol. The van der Waals surface area contributed by atoms with Crippen LogP contribution < -0.4 is 14.9 Å². The first-order valence-electron chi connectivity index (χ1n) is 13.2. The fraction of sp³-hybridized carbons (Fsp3) is 0.393. The van der Waals surface area contributed by atoms with Gasteiger partial charge in [-0.25, -0.2) is 9.59 Å². The lowest BCUT2D eigenvalue weighted by Crippen LogP contribution is -2.66. The van der Waals surface area contributed by atoms with Crippen molar-refractivity contribution >= 4 is 22.9 Å². The molecule has 8 N–H and O–H groups in total. The van der Waals surface area contributed by atoms with Crippen LogP contribution in [0.1, 0.15) is 0 Å². The van der Waals surface area contributed by atoms with Crippen LogP contribution in [0.25, 0.3) is 22.3 Å². The molecule has 17 nitrogen and oxygen atoms in total. The molecule has 2 fully saturated rings. The summed E-state index contributed by atoms with van der Waals surface area (Å²) in [4.78, 5) is 36.1. The minimum Gasteiger partial charge on any atom is -0.507 e. The maximum Gasteiger partial charge on any atom is 0.335 e. The molecule has 5 rings (SSSR count). The predicted octanol–water partition coefficient (Wildman–Crippen LogP) is -1.64. The fourth-order valence-electron chi connectivity index (χ4n) is 4.94. The number of carboxylic acids is 2. The van der Waals surface area contributed by atoms with Gasteiger partial charge >= 0.3 is 11.9 Å². The van der Waals surface area contributed by atoms with Crippen LogP contribution in [-0.2, 0) is 23.8 Å². The quantitative estimate of drug-likeness (QED) is 0.138. The number of fused-ring (bicyclic) bond motifs is 1. The molecule has 45 heavy (non-hydrogen) atoms. The van der Waals surface area contributed by atoms with Crippen LogP contribution in [0.15, 0.2) is 51.7 Å². The summed E-state index contributed by atoms with van der Waals surface area (Å²) < 4.78 is 32.5. The number of aliphatic carboxylic acids is 2. The number of carbonyl (C=O) groups is 2. The maximum atomic E-state index is 12.9. The van der Waals surface area contributed by atoms with Gasteiger partial charge in [0, 0.05) is 23.8 Å². The van der Waals surface area contributed by atoms with Crippen molar-refractivity contribution in [2.45, 2.75) is 61.4 Å². The second-order valence-corrected chi connectivity index (χ2v) is 10.2. The average molecular weight is 637 g/mol. The number of methoxy groups -OCH3 is 1. The van der Waals surface area contributed by atoms with Crippen molar-refractivity contribution in [2.24, 2.45) is 0 Å². The second-order valence-electron chi connectivity index (χ2n) is 10.2. The predicted molar refractivity (Wildman–Crippen MR) is 144 cm³/mol. The molecule has 10 atom stereocenters. The number of aliphatic hydroxyl groups is 5. The molecule has 0 saturated carbocycles. The summed E-state index contributed by atoms with van der Waals surface area (Å²) in [5.41, 5.74) is -0.327. The number of rotatable bonds is 8. The summed E-state index contributed by atoms with van der Waals surface area (Å²) in [6.45, 7) is 0. The first-order chi connectivity index (χ1) is 21.3. The third-order valence-corrected chi connectivity index (χ3v) is 7.30. The number of hydrogen-bond acceptors (Lipinski definition) is 15. The van der Waals surface area contributed by atoms with Crippen LogP contribution in [-0.4, -0.2) is 121 Å². The van der Waals surface area contributed by atoms with Gasteiger partial charge in [-0.1, -0.05) is 0 Å². The van der Waals surface area contributed by atoms with E-state index in [1.165, 1.54) is 7.11 Å². The van der Waals surface area contributed by atoms with Gasteiger partial charge in [0.25, 0.3) is 0 Å². The molecule has 17 heteroatoms. The normalized spacial score (nSPS) is 31.8. The lowest BCUT2D eigenvalue weighted by atomic mass is 9.97. The van der Waals surface area contributed by atoms with Gasteiger partial charge in [-0.2, -0.15) is 0 Å². The average Bonchev–Trinajstić information content (AvgIpc) is 2.99. The highest BCUT2D eigenvalue weighted by Crippen LogP contribution is 2.35. The van der Waals surface area contributed by atoms with E-state index < -0.39 is 84.5 Å². The maximum absolute atomic E-state index is 12.9. The zero-order valence-electron chi connectivity index (χ0n) is 23.1. The van der Waals surface area contributed by atoms with Gasteiger partial charge in [0.2, 0.25) is 6.29 Å². The van der Waals surface area contributed by atoms with Crippen LogP contribution in [0.2, 0.25) is 0 Å². The molecular formula is C28H28O17. The smallest absolute Gasteiger partial charge is 0.335 e. The first-order valence-corrected chi connectivity index (χ1v) is 13.2. The molecule has 4 unspecified atom stereocenters. The van der Waals surface area contributed by atoms with E-state index in [0.29, 0.717) is 11.3 Å². The Morgan fingerprint density at radius 2 is 1.36 bits per heavy atom. The Hall–Kier alpha value is -4.33. The van der Waals surface area contributed by atoms with Crippen LogP contribution in [0.4, 0.5) is 0 Å².